The third-order valence-electron chi connectivity index (χ3n) is 5.49. The maximum Gasteiger partial charge on any atom is 0.309 e. The summed E-state index contributed by atoms with van der Waals surface area (Å²) in [4.78, 5) is 26.9. The van der Waals surface area contributed by atoms with E-state index in [9.17, 15) is 14.0 Å². The first-order valence-electron chi connectivity index (χ1n) is 10.9. The number of anilines is 2. The van der Waals surface area contributed by atoms with Crippen LogP contribution in [0.3, 0.4) is 0 Å². The summed E-state index contributed by atoms with van der Waals surface area (Å²) in [6.07, 6.45) is 0.111. The summed E-state index contributed by atoms with van der Waals surface area (Å²) in [5.74, 6) is -1.10. The average Bonchev–Trinajstić information content (AvgIpc) is 3.12. The van der Waals surface area contributed by atoms with Crippen molar-refractivity contribution >= 4 is 34.5 Å². The number of amides is 1. The molecular weight excluding hydrogens is 433 g/mol. The highest BCUT2D eigenvalue weighted by Gasteiger charge is 2.29. The molecule has 0 aromatic heterocycles. The first-order chi connectivity index (χ1) is 16.3. The van der Waals surface area contributed by atoms with Crippen molar-refractivity contribution in [3.63, 3.8) is 0 Å². The molecule has 0 spiro atoms. The minimum atomic E-state index is -0.425. The fourth-order valence-corrected chi connectivity index (χ4v) is 3.95. The van der Waals surface area contributed by atoms with E-state index in [0.717, 1.165) is 28.9 Å². The number of benzene rings is 3. The van der Waals surface area contributed by atoms with Gasteiger partial charge in [-0.3, -0.25) is 9.59 Å². The molecule has 1 heterocycles. The fourth-order valence-electron chi connectivity index (χ4n) is 3.95. The Morgan fingerprint density at radius 2 is 1.79 bits per heavy atom. The lowest BCUT2D eigenvalue weighted by Gasteiger charge is -2.16. The lowest BCUT2D eigenvalue weighted by atomic mass is 9.98. The molecule has 3 aromatic carbocycles. The Balaban J connectivity index is 1.80. The monoisotopic (exact) mass is 459 g/mol. The van der Waals surface area contributed by atoms with Crippen LogP contribution in [-0.4, -0.2) is 38.0 Å². The SMILES string of the molecule is COC(=O)Cc1cccc(/C(Nc2ccc(CN(C)C)cc2)=C2/C(=O)Nc3cc(F)ccc32)c1. The molecule has 34 heavy (non-hydrogen) atoms. The van der Waals surface area contributed by atoms with Gasteiger partial charge in [-0.25, -0.2) is 4.39 Å². The van der Waals surface area contributed by atoms with Gasteiger partial charge in [0.25, 0.3) is 5.91 Å². The highest BCUT2D eigenvalue weighted by atomic mass is 19.1. The second-order valence-electron chi connectivity index (χ2n) is 8.41. The van der Waals surface area contributed by atoms with Crippen LogP contribution < -0.4 is 10.6 Å². The van der Waals surface area contributed by atoms with Crippen molar-refractivity contribution in [1.82, 2.24) is 4.90 Å². The number of carbonyl (C=O) groups excluding carboxylic acids is 2. The van der Waals surface area contributed by atoms with Crippen LogP contribution in [0.1, 0.15) is 22.3 Å². The van der Waals surface area contributed by atoms with Crippen molar-refractivity contribution in [1.29, 1.82) is 0 Å². The van der Waals surface area contributed by atoms with Gasteiger partial charge < -0.3 is 20.3 Å². The largest absolute Gasteiger partial charge is 0.469 e. The molecule has 0 atom stereocenters. The molecule has 0 radical (unpaired) electrons. The smallest absolute Gasteiger partial charge is 0.309 e. The van der Waals surface area contributed by atoms with Crippen LogP contribution in [0, 0.1) is 5.82 Å². The van der Waals surface area contributed by atoms with Crippen LogP contribution in [0.2, 0.25) is 0 Å². The van der Waals surface area contributed by atoms with E-state index >= 15 is 0 Å². The minimum Gasteiger partial charge on any atom is -0.469 e. The van der Waals surface area contributed by atoms with Gasteiger partial charge in [-0.05, 0) is 67.2 Å². The van der Waals surface area contributed by atoms with E-state index in [1.54, 1.807) is 6.07 Å². The molecule has 7 heteroatoms. The number of nitrogens with one attached hydrogen (secondary N) is 2. The number of hydrogen-bond donors (Lipinski definition) is 2. The van der Waals surface area contributed by atoms with E-state index in [0.29, 0.717) is 22.5 Å². The van der Waals surface area contributed by atoms with Gasteiger partial charge in [0.15, 0.2) is 0 Å². The minimum absolute atomic E-state index is 0.111. The molecule has 0 unspecified atom stereocenters. The lowest BCUT2D eigenvalue weighted by molar-refractivity contribution is -0.139. The van der Waals surface area contributed by atoms with Gasteiger partial charge in [0, 0.05) is 17.8 Å². The highest BCUT2D eigenvalue weighted by Crippen LogP contribution is 2.38. The Morgan fingerprint density at radius 1 is 1.03 bits per heavy atom. The van der Waals surface area contributed by atoms with Crippen LogP contribution >= 0.6 is 0 Å². The van der Waals surface area contributed by atoms with E-state index in [2.05, 4.69) is 15.5 Å². The van der Waals surface area contributed by atoms with Crippen LogP contribution in [0.5, 0.6) is 0 Å². The standard InChI is InChI=1S/C27H26FN3O3/c1-31(2)16-17-7-10-21(11-8-17)29-26(19-6-4-5-18(13-19)14-24(32)34-3)25-22-12-9-20(28)15-23(22)30-27(25)33/h4-13,15,29H,14,16H2,1-3H3,(H,30,33)/b26-25-. The number of nitrogens with zero attached hydrogens (tertiary/aromatic N) is 1. The van der Waals surface area contributed by atoms with Crippen molar-refractivity contribution in [3.05, 3.63) is 94.8 Å². The Bertz CT molecular complexity index is 1270. The molecule has 2 N–H and O–H groups in total. The number of ether oxygens (including phenoxy) is 1. The van der Waals surface area contributed by atoms with Crippen LogP contribution in [0.15, 0.2) is 66.7 Å². The quantitative estimate of drug-likeness (QED) is 0.401. The molecule has 0 saturated heterocycles. The summed E-state index contributed by atoms with van der Waals surface area (Å²) in [7, 11) is 5.37. The Labute approximate surface area is 198 Å². The molecule has 174 valence electrons. The predicted molar refractivity (Wildman–Crippen MR) is 131 cm³/mol. The van der Waals surface area contributed by atoms with Crippen molar-refractivity contribution in [2.24, 2.45) is 0 Å². The molecule has 0 saturated carbocycles. The Hall–Kier alpha value is -3.97. The molecular formula is C27H26FN3O3. The first-order valence-corrected chi connectivity index (χ1v) is 10.9. The van der Waals surface area contributed by atoms with E-state index in [1.165, 1.54) is 19.2 Å². The van der Waals surface area contributed by atoms with E-state index in [-0.39, 0.29) is 18.3 Å². The zero-order valence-electron chi connectivity index (χ0n) is 19.3. The Morgan fingerprint density at radius 3 is 2.50 bits per heavy atom. The molecule has 3 aromatic rings. The number of fused-ring (bicyclic) bond motifs is 1. The van der Waals surface area contributed by atoms with Gasteiger partial charge in [0.05, 0.1) is 30.5 Å². The predicted octanol–water partition coefficient (Wildman–Crippen LogP) is 4.54. The number of hydrogen-bond acceptors (Lipinski definition) is 5. The van der Waals surface area contributed by atoms with Gasteiger partial charge in [0.1, 0.15) is 5.82 Å². The van der Waals surface area contributed by atoms with Crippen molar-refractivity contribution in [3.8, 4) is 0 Å². The molecule has 1 aliphatic heterocycles. The van der Waals surface area contributed by atoms with Crippen molar-refractivity contribution in [2.75, 3.05) is 31.8 Å². The molecule has 0 aliphatic carbocycles. The fraction of sp³-hybridized carbons (Fsp3) is 0.185. The van der Waals surface area contributed by atoms with Crippen LogP contribution in [-0.2, 0) is 27.3 Å². The number of esters is 1. The van der Waals surface area contributed by atoms with E-state index in [1.807, 2.05) is 62.6 Å². The zero-order valence-corrected chi connectivity index (χ0v) is 19.3. The number of methoxy groups -OCH3 is 1. The van der Waals surface area contributed by atoms with Crippen LogP contribution in [0.4, 0.5) is 15.8 Å². The van der Waals surface area contributed by atoms with Gasteiger partial charge in [-0.1, -0.05) is 30.3 Å². The highest BCUT2D eigenvalue weighted by molar-refractivity contribution is 6.37. The van der Waals surface area contributed by atoms with Crippen LogP contribution in [0.25, 0.3) is 11.3 Å². The number of rotatable bonds is 7. The second kappa shape index (κ2) is 9.89. The summed E-state index contributed by atoms with van der Waals surface area (Å²) in [5.41, 5.74) is 5.43. The first kappa shape index (κ1) is 23.2. The normalized spacial score (nSPS) is 14.0. The maximum atomic E-state index is 13.8. The number of carbonyl (C=O) groups is 2. The topological polar surface area (TPSA) is 70.7 Å². The van der Waals surface area contributed by atoms with Gasteiger partial charge in [0.2, 0.25) is 0 Å². The zero-order chi connectivity index (χ0) is 24.2. The van der Waals surface area contributed by atoms with Crippen molar-refractivity contribution < 1.29 is 18.7 Å². The summed E-state index contributed by atoms with van der Waals surface area (Å²) in [6.45, 7) is 0.811. The molecule has 6 nitrogen and oxygen atoms in total. The summed E-state index contributed by atoms with van der Waals surface area (Å²) in [6, 6.07) is 19.6. The van der Waals surface area contributed by atoms with E-state index in [4.69, 9.17) is 4.74 Å². The average molecular weight is 460 g/mol. The molecule has 0 fully saturated rings. The second-order valence-corrected chi connectivity index (χ2v) is 8.41. The van der Waals surface area contributed by atoms with Gasteiger partial charge >= 0.3 is 5.97 Å². The summed E-state index contributed by atoms with van der Waals surface area (Å²) in [5, 5.41) is 6.15. The molecule has 0 bridgehead atoms. The van der Waals surface area contributed by atoms with Gasteiger partial charge in [-0.15, -0.1) is 0 Å². The molecule has 4 rings (SSSR count). The molecule has 1 amide bonds. The Kier molecular flexibility index (Phi) is 6.75. The number of halogens is 1. The summed E-state index contributed by atoms with van der Waals surface area (Å²) < 4.78 is 18.6. The third kappa shape index (κ3) is 5.15. The van der Waals surface area contributed by atoms with Gasteiger partial charge in [-0.2, -0.15) is 0 Å². The third-order valence-corrected chi connectivity index (χ3v) is 5.49. The van der Waals surface area contributed by atoms with E-state index < -0.39 is 5.82 Å². The molecule has 1 aliphatic rings. The maximum absolute atomic E-state index is 13.8. The summed E-state index contributed by atoms with van der Waals surface area (Å²) >= 11 is 0. The van der Waals surface area contributed by atoms with Crippen molar-refractivity contribution in [2.45, 2.75) is 13.0 Å². The lowest BCUT2D eigenvalue weighted by Crippen LogP contribution is -2.12.